The Morgan fingerprint density at radius 3 is 2.71 bits per heavy atom. The van der Waals surface area contributed by atoms with Gasteiger partial charge in [-0.2, -0.15) is 9.97 Å². The van der Waals surface area contributed by atoms with E-state index in [-0.39, 0.29) is 22.9 Å². The Morgan fingerprint density at radius 1 is 1.29 bits per heavy atom. The first-order valence-electron chi connectivity index (χ1n) is 8.36. The number of hydrogen-bond acceptors (Lipinski definition) is 7. The highest BCUT2D eigenvalue weighted by Gasteiger charge is 2.32. The number of nitrogen functional groups attached to an aromatic ring is 1. The Balaban J connectivity index is 1.75. The summed E-state index contributed by atoms with van der Waals surface area (Å²) >= 11 is 1.27. The molecule has 2 saturated heterocycles. The molecule has 1 aromatic rings. The van der Waals surface area contributed by atoms with Crippen molar-refractivity contribution in [2.24, 2.45) is 5.92 Å². The number of nitrogens with two attached hydrogens (primary N) is 1. The van der Waals surface area contributed by atoms with Crippen molar-refractivity contribution in [2.45, 2.75) is 32.6 Å². The summed E-state index contributed by atoms with van der Waals surface area (Å²) in [6.07, 6.45) is 3.98. The van der Waals surface area contributed by atoms with Gasteiger partial charge in [0.15, 0.2) is 5.12 Å². The molecule has 0 spiro atoms. The smallest absolute Gasteiger partial charge is 0.228 e. The number of amides is 1. The number of hydrogen-bond donors (Lipinski definition) is 1. The van der Waals surface area contributed by atoms with E-state index in [0.29, 0.717) is 24.5 Å². The number of aromatic nitrogens is 2. The van der Waals surface area contributed by atoms with Gasteiger partial charge in [-0.05, 0) is 25.2 Å². The summed E-state index contributed by atoms with van der Waals surface area (Å²) in [5.41, 5.74) is 5.88. The highest BCUT2D eigenvalue weighted by Crippen LogP contribution is 2.29. The molecule has 24 heavy (non-hydrogen) atoms. The molecule has 1 atom stereocenters. The van der Waals surface area contributed by atoms with E-state index in [0.717, 1.165) is 31.7 Å². The van der Waals surface area contributed by atoms with Crippen LogP contribution in [0.15, 0.2) is 6.07 Å². The third-order valence-electron chi connectivity index (χ3n) is 4.40. The van der Waals surface area contributed by atoms with Crippen LogP contribution in [0.1, 0.15) is 32.6 Å². The predicted molar refractivity (Wildman–Crippen MR) is 96.1 cm³/mol. The summed E-state index contributed by atoms with van der Waals surface area (Å²) in [6.45, 7) is 4.05. The van der Waals surface area contributed by atoms with Crippen LogP contribution >= 0.6 is 11.8 Å². The van der Waals surface area contributed by atoms with Crippen LogP contribution < -0.4 is 15.5 Å². The van der Waals surface area contributed by atoms with Gasteiger partial charge in [-0.15, -0.1) is 0 Å². The van der Waals surface area contributed by atoms with Crippen LogP contribution in [0.2, 0.25) is 0 Å². The zero-order valence-electron chi connectivity index (χ0n) is 13.9. The molecule has 2 N–H and O–H groups in total. The van der Waals surface area contributed by atoms with Crippen LogP contribution in [0.3, 0.4) is 0 Å². The molecule has 7 nitrogen and oxygen atoms in total. The van der Waals surface area contributed by atoms with E-state index in [2.05, 4.69) is 14.9 Å². The summed E-state index contributed by atoms with van der Waals surface area (Å²) in [5.74, 6) is 2.43. The summed E-state index contributed by atoms with van der Waals surface area (Å²) < 4.78 is 0. The van der Waals surface area contributed by atoms with Gasteiger partial charge < -0.3 is 10.6 Å². The lowest BCUT2D eigenvalue weighted by molar-refractivity contribution is -0.117. The van der Waals surface area contributed by atoms with Gasteiger partial charge in [-0.25, -0.2) is 0 Å². The molecule has 0 aliphatic carbocycles. The minimum atomic E-state index is 0.0341. The molecular formula is C16H23N5O2S. The van der Waals surface area contributed by atoms with Crippen molar-refractivity contribution in [1.82, 2.24) is 9.97 Å². The largest absolute Gasteiger partial charge is 0.368 e. The van der Waals surface area contributed by atoms with Gasteiger partial charge >= 0.3 is 0 Å². The van der Waals surface area contributed by atoms with Gasteiger partial charge in [-0.1, -0.05) is 11.8 Å². The molecular weight excluding hydrogens is 326 g/mol. The average Bonchev–Trinajstić information content (AvgIpc) is 2.94. The molecule has 130 valence electrons. The lowest BCUT2D eigenvalue weighted by Crippen LogP contribution is -2.31. The minimum absolute atomic E-state index is 0.0341. The molecule has 3 heterocycles. The van der Waals surface area contributed by atoms with Crippen LogP contribution in [0.25, 0.3) is 0 Å². The van der Waals surface area contributed by atoms with Crippen molar-refractivity contribution in [3.8, 4) is 0 Å². The number of piperidine rings is 1. The van der Waals surface area contributed by atoms with E-state index < -0.39 is 0 Å². The fraction of sp³-hybridized carbons (Fsp3) is 0.625. The molecule has 0 radical (unpaired) electrons. The van der Waals surface area contributed by atoms with Gasteiger partial charge in [-0.3, -0.25) is 14.5 Å². The first-order chi connectivity index (χ1) is 11.5. The van der Waals surface area contributed by atoms with Crippen molar-refractivity contribution in [2.75, 3.05) is 40.9 Å². The molecule has 3 rings (SSSR count). The number of nitrogens with zero attached hydrogens (tertiary/aromatic N) is 4. The number of carbonyl (C=O) groups excluding carboxylic acids is 2. The summed E-state index contributed by atoms with van der Waals surface area (Å²) in [4.78, 5) is 35.9. The molecule has 0 saturated carbocycles. The fourth-order valence-corrected chi connectivity index (χ4v) is 3.91. The first kappa shape index (κ1) is 17.0. The van der Waals surface area contributed by atoms with Crippen molar-refractivity contribution >= 4 is 40.4 Å². The van der Waals surface area contributed by atoms with Crippen molar-refractivity contribution < 1.29 is 9.59 Å². The standard InChI is InChI=1S/C16H23N5O2S/c1-11(22)24-10-12-7-15(23)21(9-12)14-8-13(18-16(17)19-14)20-5-3-2-4-6-20/h8,12H,2-7,9-10H2,1H3,(H2,17,18,19). The Morgan fingerprint density at radius 2 is 2.00 bits per heavy atom. The predicted octanol–water partition coefficient (Wildman–Crippen LogP) is 1.68. The fourth-order valence-electron chi connectivity index (χ4n) is 3.21. The summed E-state index contributed by atoms with van der Waals surface area (Å²) in [6, 6.07) is 1.86. The van der Waals surface area contributed by atoms with Crippen LogP contribution in [-0.4, -0.2) is 46.4 Å². The highest BCUT2D eigenvalue weighted by molar-refractivity contribution is 8.13. The Hall–Kier alpha value is -1.83. The van der Waals surface area contributed by atoms with E-state index in [1.807, 2.05) is 6.07 Å². The van der Waals surface area contributed by atoms with Gasteiger partial charge in [0.2, 0.25) is 11.9 Å². The molecule has 8 heteroatoms. The maximum atomic E-state index is 12.3. The molecule has 1 unspecified atom stereocenters. The second kappa shape index (κ2) is 7.38. The zero-order chi connectivity index (χ0) is 17.1. The Bertz CT molecular complexity index is 633. The lowest BCUT2D eigenvalue weighted by atomic mass is 10.1. The Kier molecular flexibility index (Phi) is 5.23. The molecule has 2 aliphatic rings. The van der Waals surface area contributed by atoms with Gasteiger partial charge in [0, 0.05) is 44.8 Å². The number of thioether (sulfide) groups is 1. The molecule has 0 aromatic carbocycles. The molecule has 2 fully saturated rings. The van der Waals surface area contributed by atoms with Gasteiger partial charge in [0.05, 0.1) is 0 Å². The third-order valence-corrected chi connectivity index (χ3v) is 5.45. The topological polar surface area (TPSA) is 92.4 Å². The van der Waals surface area contributed by atoms with E-state index in [1.54, 1.807) is 11.8 Å². The molecule has 2 aliphatic heterocycles. The second-order valence-electron chi connectivity index (χ2n) is 6.37. The average molecular weight is 349 g/mol. The van der Waals surface area contributed by atoms with Crippen LogP contribution in [-0.2, 0) is 9.59 Å². The van der Waals surface area contributed by atoms with E-state index in [1.165, 1.54) is 18.2 Å². The van der Waals surface area contributed by atoms with Crippen molar-refractivity contribution in [3.63, 3.8) is 0 Å². The lowest BCUT2D eigenvalue weighted by Gasteiger charge is -2.28. The minimum Gasteiger partial charge on any atom is -0.368 e. The first-order valence-corrected chi connectivity index (χ1v) is 9.34. The van der Waals surface area contributed by atoms with E-state index in [9.17, 15) is 9.59 Å². The van der Waals surface area contributed by atoms with Crippen LogP contribution in [0.5, 0.6) is 0 Å². The second-order valence-corrected chi connectivity index (χ2v) is 7.56. The number of carbonyl (C=O) groups is 2. The Labute approximate surface area is 146 Å². The molecule has 0 bridgehead atoms. The van der Waals surface area contributed by atoms with Crippen molar-refractivity contribution in [3.05, 3.63) is 6.07 Å². The van der Waals surface area contributed by atoms with Crippen LogP contribution in [0, 0.1) is 5.92 Å². The normalized spacial score (nSPS) is 21.4. The SMILES string of the molecule is CC(=O)SCC1CC(=O)N(c2cc(N3CCCCC3)nc(N)n2)C1. The maximum absolute atomic E-state index is 12.3. The molecule has 1 aromatic heterocycles. The summed E-state index contributed by atoms with van der Waals surface area (Å²) in [5, 5.41) is 0.0829. The summed E-state index contributed by atoms with van der Waals surface area (Å²) in [7, 11) is 0. The highest BCUT2D eigenvalue weighted by atomic mass is 32.2. The van der Waals surface area contributed by atoms with Gasteiger partial charge in [0.1, 0.15) is 11.6 Å². The van der Waals surface area contributed by atoms with E-state index >= 15 is 0 Å². The quantitative estimate of drug-likeness (QED) is 0.884. The number of anilines is 3. The van der Waals surface area contributed by atoms with Gasteiger partial charge in [0.25, 0.3) is 0 Å². The third kappa shape index (κ3) is 3.98. The maximum Gasteiger partial charge on any atom is 0.228 e. The number of rotatable bonds is 4. The van der Waals surface area contributed by atoms with E-state index in [4.69, 9.17) is 5.73 Å². The zero-order valence-corrected chi connectivity index (χ0v) is 14.7. The molecule has 1 amide bonds. The van der Waals surface area contributed by atoms with Crippen molar-refractivity contribution in [1.29, 1.82) is 0 Å². The van der Waals surface area contributed by atoms with Crippen LogP contribution in [0.4, 0.5) is 17.6 Å². The monoisotopic (exact) mass is 349 g/mol.